The Morgan fingerprint density at radius 1 is 0.727 bits per heavy atom. The molecule has 1 amide bonds. The van der Waals surface area contributed by atoms with Crippen LogP contribution in [0, 0.1) is 0 Å². The van der Waals surface area contributed by atoms with Gasteiger partial charge in [0, 0.05) is 13.0 Å². The third-order valence-electron chi connectivity index (χ3n) is 6.19. The lowest BCUT2D eigenvalue weighted by Crippen LogP contribution is -2.49. The smallest absolute Gasteiger partial charge is 0.229 e. The second kappa shape index (κ2) is 23.0. The first-order valence-electron chi connectivity index (χ1n) is 13.7. The number of hydrogen-bond acceptors (Lipinski definition) is 4. The van der Waals surface area contributed by atoms with Gasteiger partial charge in [0.15, 0.2) is 0 Å². The van der Waals surface area contributed by atoms with E-state index in [4.69, 9.17) is 0 Å². The molecule has 0 aromatic rings. The number of hydrogen-bond donors (Lipinski definition) is 1. The second-order valence-electron chi connectivity index (χ2n) is 10.2. The van der Waals surface area contributed by atoms with Crippen molar-refractivity contribution in [2.45, 2.75) is 116 Å². The first kappa shape index (κ1) is 32.2. The van der Waals surface area contributed by atoms with Gasteiger partial charge in [0.2, 0.25) is 5.91 Å². The van der Waals surface area contributed by atoms with Gasteiger partial charge in [-0.2, -0.15) is 11.8 Å². The van der Waals surface area contributed by atoms with Gasteiger partial charge in [0.05, 0.1) is 32.4 Å². The molecule has 0 aliphatic rings. The number of rotatable bonds is 25. The van der Waals surface area contributed by atoms with Crippen molar-refractivity contribution in [3.8, 4) is 0 Å². The summed E-state index contributed by atoms with van der Waals surface area (Å²) < 4.78 is 0.381. The summed E-state index contributed by atoms with van der Waals surface area (Å²) >= 11 is 1.72. The van der Waals surface area contributed by atoms with Crippen LogP contribution in [0.1, 0.15) is 116 Å². The molecule has 0 aliphatic carbocycles. The number of likely N-dealkylation sites (N-methyl/N-ethyl adjacent to an activating group) is 1. The minimum Gasteiger partial charge on any atom is -0.544 e. The normalized spacial score (nSPS) is 11.6. The summed E-state index contributed by atoms with van der Waals surface area (Å²) in [6.45, 7) is 3.60. The minimum absolute atomic E-state index is 0.00308. The molecule has 0 heterocycles. The number of carboxylic acid groups (broad SMARTS) is 1. The summed E-state index contributed by atoms with van der Waals surface area (Å²) in [5.41, 5.74) is 0. The Morgan fingerprint density at radius 3 is 1.64 bits per heavy atom. The quantitative estimate of drug-likeness (QED) is 0.140. The lowest BCUT2D eigenvalue weighted by atomic mass is 10.0. The Morgan fingerprint density at radius 2 is 1.18 bits per heavy atom. The van der Waals surface area contributed by atoms with Crippen LogP contribution in [0.3, 0.4) is 0 Å². The van der Waals surface area contributed by atoms with E-state index in [0.29, 0.717) is 23.3 Å². The minimum atomic E-state index is -1.03. The zero-order valence-electron chi connectivity index (χ0n) is 22.1. The molecule has 0 saturated heterocycles. The lowest BCUT2D eigenvalue weighted by molar-refractivity contribution is -0.884. The molecule has 196 valence electrons. The van der Waals surface area contributed by atoms with Crippen LogP contribution in [0.15, 0.2) is 0 Å². The van der Waals surface area contributed by atoms with Crippen molar-refractivity contribution < 1.29 is 19.2 Å². The Balaban J connectivity index is 3.27. The number of carboxylic acids is 1. The first-order chi connectivity index (χ1) is 15.9. The van der Waals surface area contributed by atoms with Gasteiger partial charge in [-0.05, 0) is 12.2 Å². The molecule has 5 nitrogen and oxygen atoms in total. The van der Waals surface area contributed by atoms with E-state index in [1.807, 2.05) is 14.1 Å². The number of carbonyl (C=O) groups excluding carboxylic acids is 2. The zero-order valence-corrected chi connectivity index (χ0v) is 23.0. The predicted octanol–water partition coefficient (Wildman–Crippen LogP) is 5.31. The summed E-state index contributed by atoms with van der Waals surface area (Å²) in [7, 11) is 3.73. The molecule has 0 radical (unpaired) electrons. The Bertz CT molecular complexity index is 472. The monoisotopic (exact) mass is 486 g/mol. The number of aliphatic carboxylic acids is 1. The molecular weight excluding hydrogens is 432 g/mol. The maximum atomic E-state index is 11.9. The Labute approximate surface area is 209 Å². The van der Waals surface area contributed by atoms with Crippen molar-refractivity contribution in [3.63, 3.8) is 0 Å². The SMILES string of the molecule is CCCCCCCCCCCCCCCCCCSCC(=O)NCCC[N+](C)(C)CC(=O)[O-]. The van der Waals surface area contributed by atoms with Crippen molar-refractivity contribution in [2.75, 3.05) is 45.2 Å². The van der Waals surface area contributed by atoms with Crippen LogP contribution in [0.4, 0.5) is 0 Å². The van der Waals surface area contributed by atoms with Crippen LogP contribution in [-0.2, 0) is 9.59 Å². The highest BCUT2D eigenvalue weighted by Gasteiger charge is 2.14. The van der Waals surface area contributed by atoms with Crippen LogP contribution in [0.2, 0.25) is 0 Å². The molecule has 0 aromatic carbocycles. The van der Waals surface area contributed by atoms with E-state index in [0.717, 1.165) is 12.2 Å². The molecule has 33 heavy (non-hydrogen) atoms. The average Bonchev–Trinajstić information content (AvgIpc) is 2.75. The highest BCUT2D eigenvalue weighted by atomic mass is 32.2. The van der Waals surface area contributed by atoms with Crippen LogP contribution in [-0.4, -0.2) is 61.6 Å². The summed E-state index contributed by atoms with van der Waals surface area (Å²) in [6, 6.07) is 0. The fourth-order valence-electron chi connectivity index (χ4n) is 4.13. The van der Waals surface area contributed by atoms with Gasteiger partial charge in [-0.15, -0.1) is 0 Å². The fourth-order valence-corrected chi connectivity index (χ4v) is 4.97. The van der Waals surface area contributed by atoms with Crippen molar-refractivity contribution in [1.82, 2.24) is 5.32 Å². The summed E-state index contributed by atoms with van der Waals surface area (Å²) in [5.74, 6) is 0.633. The number of quaternary nitrogens is 1. The van der Waals surface area contributed by atoms with Gasteiger partial charge >= 0.3 is 0 Å². The molecule has 0 bridgehead atoms. The maximum Gasteiger partial charge on any atom is 0.229 e. The molecule has 1 N–H and O–H groups in total. The number of amides is 1. The van der Waals surface area contributed by atoms with Crippen LogP contribution >= 0.6 is 11.8 Å². The average molecular weight is 487 g/mol. The molecule has 0 rings (SSSR count). The summed E-state index contributed by atoms with van der Waals surface area (Å²) in [4.78, 5) is 22.6. The lowest BCUT2D eigenvalue weighted by Gasteiger charge is -2.30. The van der Waals surface area contributed by atoms with E-state index in [2.05, 4.69) is 12.2 Å². The van der Waals surface area contributed by atoms with Gasteiger partial charge in [-0.25, -0.2) is 0 Å². The van der Waals surface area contributed by atoms with Crippen molar-refractivity contribution in [1.29, 1.82) is 0 Å². The molecule has 0 atom stereocenters. The highest BCUT2D eigenvalue weighted by Crippen LogP contribution is 2.14. The fraction of sp³-hybridized carbons (Fsp3) is 0.926. The van der Waals surface area contributed by atoms with Crippen LogP contribution in [0.25, 0.3) is 0 Å². The first-order valence-corrected chi connectivity index (χ1v) is 14.9. The van der Waals surface area contributed by atoms with Crippen LogP contribution in [0.5, 0.6) is 0 Å². The van der Waals surface area contributed by atoms with E-state index < -0.39 is 5.97 Å². The van der Waals surface area contributed by atoms with E-state index >= 15 is 0 Å². The van der Waals surface area contributed by atoms with Gasteiger partial charge in [-0.1, -0.05) is 103 Å². The molecule has 0 aromatic heterocycles. The molecule has 0 spiro atoms. The standard InChI is InChI=1S/C27H54N2O3S/c1-4-5-6-7-8-9-10-11-12-13-14-15-16-17-18-19-23-33-25-26(30)28-21-20-22-29(2,3)24-27(31)32/h4-25H2,1-3H3,(H-,28,30,31,32). The third kappa shape index (κ3) is 25.7. The third-order valence-corrected chi connectivity index (χ3v) is 7.24. The van der Waals surface area contributed by atoms with Crippen molar-refractivity contribution >= 4 is 23.6 Å². The number of carbonyl (C=O) groups is 2. The van der Waals surface area contributed by atoms with Gasteiger partial charge in [0.1, 0.15) is 6.54 Å². The molecule has 0 aliphatic heterocycles. The molecular formula is C27H54N2O3S. The van der Waals surface area contributed by atoms with Crippen LogP contribution < -0.4 is 10.4 Å². The van der Waals surface area contributed by atoms with Gasteiger partial charge < -0.3 is 19.7 Å². The maximum absolute atomic E-state index is 11.9. The number of nitrogens with zero attached hydrogens (tertiary/aromatic N) is 1. The van der Waals surface area contributed by atoms with Crippen molar-refractivity contribution in [2.24, 2.45) is 0 Å². The van der Waals surface area contributed by atoms with Gasteiger partial charge in [-0.3, -0.25) is 4.79 Å². The molecule has 6 heteroatoms. The Kier molecular flexibility index (Phi) is 22.5. The number of thioether (sulfide) groups is 1. The number of unbranched alkanes of at least 4 members (excludes halogenated alkanes) is 15. The van der Waals surface area contributed by atoms with Gasteiger partial charge in [0.25, 0.3) is 0 Å². The topological polar surface area (TPSA) is 69.2 Å². The summed E-state index contributed by atoms with van der Waals surface area (Å²) in [6.07, 6.45) is 22.9. The Hall–Kier alpha value is -0.750. The summed E-state index contributed by atoms with van der Waals surface area (Å²) in [5, 5.41) is 13.6. The van der Waals surface area contributed by atoms with E-state index in [-0.39, 0.29) is 12.5 Å². The largest absolute Gasteiger partial charge is 0.544 e. The van der Waals surface area contributed by atoms with E-state index in [1.165, 1.54) is 103 Å². The van der Waals surface area contributed by atoms with E-state index in [9.17, 15) is 14.7 Å². The molecule has 0 saturated carbocycles. The molecule has 0 unspecified atom stereocenters. The van der Waals surface area contributed by atoms with Crippen molar-refractivity contribution in [3.05, 3.63) is 0 Å². The van der Waals surface area contributed by atoms with E-state index in [1.54, 1.807) is 11.8 Å². The highest BCUT2D eigenvalue weighted by molar-refractivity contribution is 7.99. The number of nitrogens with one attached hydrogen (secondary N) is 1. The molecule has 0 fully saturated rings. The zero-order chi connectivity index (χ0) is 24.6. The predicted molar refractivity (Wildman–Crippen MR) is 141 cm³/mol. The second-order valence-corrected chi connectivity index (χ2v) is 11.4.